The first-order valence-electron chi connectivity index (χ1n) is 4.72. The minimum absolute atomic E-state index is 0.00713. The molecule has 1 heterocycles. The number of imidazole rings is 1. The van der Waals surface area contributed by atoms with E-state index in [4.69, 9.17) is 9.84 Å². The molecule has 0 saturated carbocycles. The van der Waals surface area contributed by atoms with Crippen molar-refractivity contribution in [3.8, 4) is 0 Å². The van der Waals surface area contributed by atoms with E-state index < -0.39 is 5.97 Å². The monoisotopic (exact) mass is 210 g/mol. The lowest BCUT2D eigenvalue weighted by Gasteiger charge is -2.07. The minimum atomic E-state index is -1.05. The third-order valence-corrected chi connectivity index (χ3v) is 1.90. The lowest BCUT2D eigenvalue weighted by Crippen LogP contribution is -2.01. The number of aryl methyl sites for hydroxylation is 1. The molecule has 15 heavy (non-hydrogen) atoms. The summed E-state index contributed by atoms with van der Waals surface area (Å²) in [5.41, 5.74) is 0.00713. The molecule has 82 valence electrons. The van der Waals surface area contributed by atoms with Gasteiger partial charge in [0.2, 0.25) is 0 Å². The molecule has 0 radical (unpaired) electrons. The first-order valence-corrected chi connectivity index (χ1v) is 4.72. The predicted octanol–water partition coefficient (Wildman–Crippen LogP) is 1.61. The van der Waals surface area contributed by atoms with Gasteiger partial charge >= 0.3 is 5.97 Å². The second kappa shape index (κ2) is 4.63. The number of carboxylic acid groups (broad SMARTS) is 1. The second-order valence-electron chi connectivity index (χ2n) is 2.90. The molecule has 1 rings (SSSR count). The van der Waals surface area contributed by atoms with E-state index >= 15 is 0 Å². The number of hydrogen-bond donors (Lipinski definition) is 1. The van der Waals surface area contributed by atoms with Gasteiger partial charge in [-0.3, -0.25) is 0 Å². The topological polar surface area (TPSA) is 64.3 Å². The smallest absolute Gasteiger partial charge is 0.356 e. The first-order chi connectivity index (χ1) is 7.10. The predicted molar refractivity (Wildman–Crippen MR) is 55.5 cm³/mol. The summed E-state index contributed by atoms with van der Waals surface area (Å²) in [6.07, 6.45) is 1.47. The van der Waals surface area contributed by atoms with Gasteiger partial charge in [0.05, 0.1) is 6.61 Å². The number of nitrogens with zero attached hydrogens (tertiary/aromatic N) is 2. The second-order valence-corrected chi connectivity index (χ2v) is 2.90. The third kappa shape index (κ3) is 2.37. The van der Waals surface area contributed by atoms with Crippen LogP contribution in [0.25, 0.3) is 5.76 Å². The molecule has 1 aromatic rings. The Balaban J connectivity index is 3.05. The summed E-state index contributed by atoms with van der Waals surface area (Å²) in [4.78, 5) is 14.7. The molecule has 5 nitrogen and oxygen atoms in total. The van der Waals surface area contributed by atoms with Gasteiger partial charge in [0.15, 0.2) is 17.3 Å². The molecule has 0 amide bonds. The maximum Gasteiger partial charge on any atom is 0.356 e. The van der Waals surface area contributed by atoms with Crippen molar-refractivity contribution < 1.29 is 14.6 Å². The number of rotatable bonds is 5. The van der Waals surface area contributed by atoms with E-state index in [0.29, 0.717) is 24.7 Å². The Bertz CT molecular complexity index is 382. The van der Waals surface area contributed by atoms with Crippen LogP contribution in [0.2, 0.25) is 0 Å². The van der Waals surface area contributed by atoms with E-state index in [1.54, 1.807) is 4.57 Å². The van der Waals surface area contributed by atoms with E-state index in [1.165, 1.54) is 6.20 Å². The zero-order chi connectivity index (χ0) is 11.4. The summed E-state index contributed by atoms with van der Waals surface area (Å²) >= 11 is 0. The number of aromatic nitrogens is 2. The fourth-order valence-electron chi connectivity index (χ4n) is 1.22. The summed E-state index contributed by atoms with van der Waals surface area (Å²) in [7, 11) is 0. The molecular weight excluding hydrogens is 196 g/mol. The molecule has 5 heteroatoms. The molecule has 0 bridgehead atoms. The molecule has 0 fully saturated rings. The van der Waals surface area contributed by atoms with Crippen LogP contribution in [0.1, 0.15) is 30.2 Å². The van der Waals surface area contributed by atoms with Gasteiger partial charge in [-0.05, 0) is 13.8 Å². The van der Waals surface area contributed by atoms with Crippen LogP contribution in [0.15, 0.2) is 12.8 Å². The molecule has 1 N–H and O–H groups in total. The maximum absolute atomic E-state index is 10.7. The van der Waals surface area contributed by atoms with E-state index in [0.717, 1.165) is 0 Å². The van der Waals surface area contributed by atoms with Crippen LogP contribution >= 0.6 is 0 Å². The van der Waals surface area contributed by atoms with Crippen LogP contribution in [0.5, 0.6) is 0 Å². The Morgan fingerprint density at radius 2 is 2.33 bits per heavy atom. The van der Waals surface area contributed by atoms with Crippen molar-refractivity contribution in [1.82, 2.24) is 9.55 Å². The van der Waals surface area contributed by atoms with Crippen LogP contribution in [-0.4, -0.2) is 27.2 Å². The van der Waals surface area contributed by atoms with E-state index in [9.17, 15) is 4.79 Å². The Hall–Kier alpha value is -1.78. The summed E-state index contributed by atoms with van der Waals surface area (Å²) < 4.78 is 6.89. The Morgan fingerprint density at radius 3 is 2.80 bits per heavy atom. The lowest BCUT2D eigenvalue weighted by atomic mass is 10.5. The minimum Gasteiger partial charge on any atom is -0.491 e. The van der Waals surface area contributed by atoms with Crippen molar-refractivity contribution in [2.75, 3.05) is 6.61 Å². The molecule has 0 aliphatic heterocycles. The van der Waals surface area contributed by atoms with Crippen LogP contribution in [0.3, 0.4) is 0 Å². The van der Waals surface area contributed by atoms with Crippen molar-refractivity contribution in [2.24, 2.45) is 0 Å². The first kappa shape index (κ1) is 11.3. The van der Waals surface area contributed by atoms with Gasteiger partial charge < -0.3 is 14.4 Å². The number of aromatic carboxylic acids is 1. The van der Waals surface area contributed by atoms with Crippen LogP contribution in [-0.2, 0) is 11.3 Å². The van der Waals surface area contributed by atoms with Gasteiger partial charge in [-0.25, -0.2) is 9.78 Å². The lowest BCUT2D eigenvalue weighted by molar-refractivity contribution is 0.0691. The molecule has 1 aromatic heterocycles. The van der Waals surface area contributed by atoms with Gasteiger partial charge in [0.1, 0.15) is 0 Å². The summed E-state index contributed by atoms with van der Waals surface area (Å²) in [6, 6.07) is 0. The van der Waals surface area contributed by atoms with E-state index in [1.807, 2.05) is 13.8 Å². The SMILES string of the molecule is C=C(OCC)c1nc(C(=O)O)cn1CC. The number of hydrogen-bond acceptors (Lipinski definition) is 3. The molecule has 0 saturated heterocycles. The van der Waals surface area contributed by atoms with Crippen LogP contribution in [0.4, 0.5) is 0 Å². The zero-order valence-corrected chi connectivity index (χ0v) is 8.86. The van der Waals surface area contributed by atoms with Gasteiger partial charge in [0, 0.05) is 12.7 Å². The van der Waals surface area contributed by atoms with Crippen molar-refractivity contribution in [2.45, 2.75) is 20.4 Å². The number of carbonyl (C=O) groups is 1. The van der Waals surface area contributed by atoms with E-state index in [2.05, 4.69) is 11.6 Å². The standard InChI is InChI=1S/C10H14N2O3/c1-4-12-6-8(10(13)14)11-9(12)7(3)15-5-2/h6H,3-5H2,1-2H3,(H,13,14). The summed E-state index contributed by atoms with van der Waals surface area (Å²) in [6.45, 7) is 8.54. The highest BCUT2D eigenvalue weighted by Crippen LogP contribution is 2.14. The quantitative estimate of drug-likeness (QED) is 0.750. The maximum atomic E-state index is 10.7. The number of ether oxygens (including phenoxy) is 1. The fourth-order valence-corrected chi connectivity index (χ4v) is 1.22. The molecule has 0 spiro atoms. The van der Waals surface area contributed by atoms with Gasteiger partial charge in [-0.1, -0.05) is 6.58 Å². The summed E-state index contributed by atoms with van der Waals surface area (Å²) in [5, 5.41) is 8.78. The van der Waals surface area contributed by atoms with Crippen LogP contribution in [0, 0.1) is 0 Å². The normalized spacial score (nSPS) is 10.0. The largest absolute Gasteiger partial charge is 0.491 e. The van der Waals surface area contributed by atoms with Gasteiger partial charge in [0.25, 0.3) is 0 Å². The van der Waals surface area contributed by atoms with E-state index in [-0.39, 0.29) is 5.69 Å². The molecule has 0 aliphatic carbocycles. The highest BCUT2D eigenvalue weighted by Gasteiger charge is 2.14. The van der Waals surface area contributed by atoms with Crippen molar-refractivity contribution in [3.63, 3.8) is 0 Å². The van der Waals surface area contributed by atoms with Crippen LogP contribution < -0.4 is 0 Å². The molecule has 0 aliphatic rings. The molecule has 0 aromatic carbocycles. The van der Waals surface area contributed by atoms with Crippen molar-refractivity contribution in [3.05, 3.63) is 24.3 Å². The fraction of sp³-hybridized carbons (Fsp3) is 0.400. The molecule has 0 atom stereocenters. The zero-order valence-electron chi connectivity index (χ0n) is 8.86. The van der Waals surface area contributed by atoms with Gasteiger partial charge in [-0.15, -0.1) is 0 Å². The Morgan fingerprint density at radius 1 is 1.67 bits per heavy atom. The third-order valence-electron chi connectivity index (χ3n) is 1.90. The Kier molecular flexibility index (Phi) is 3.49. The molecular formula is C10H14N2O3. The Labute approximate surface area is 88.0 Å². The average Bonchev–Trinajstić information content (AvgIpc) is 2.61. The number of carboxylic acids is 1. The average molecular weight is 210 g/mol. The molecule has 0 unspecified atom stereocenters. The summed E-state index contributed by atoms with van der Waals surface area (Å²) in [5.74, 6) is -0.184. The van der Waals surface area contributed by atoms with Gasteiger partial charge in [-0.2, -0.15) is 0 Å². The highest BCUT2D eigenvalue weighted by molar-refractivity contribution is 5.85. The van der Waals surface area contributed by atoms with Crippen molar-refractivity contribution >= 4 is 11.7 Å². The van der Waals surface area contributed by atoms with Crippen molar-refractivity contribution in [1.29, 1.82) is 0 Å². The highest BCUT2D eigenvalue weighted by atomic mass is 16.5.